The summed E-state index contributed by atoms with van der Waals surface area (Å²) in [5, 5.41) is 0. The molecule has 3 nitrogen and oxygen atoms in total. The number of hydrogen-bond acceptors (Lipinski definition) is 2. The van der Waals surface area contributed by atoms with Crippen LogP contribution in [0.1, 0.15) is 0 Å². The fraction of sp³-hybridized carbons (Fsp3) is 0. The molecule has 0 aliphatic carbocycles. The van der Waals surface area contributed by atoms with Crippen LogP contribution in [0.4, 0.5) is 12.3 Å². The first kappa shape index (κ1) is 7.92. The molecule has 0 amide bonds. The van der Waals surface area contributed by atoms with Crippen molar-refractivity contribution in [1.82, 2.24) is 0 Å². The molecule has 0 heterocycles. The summed E-state index contributed by atoms with van der Waals surface area (Å²) in [6.07, 6.45) is 0. The van der Waals surface area contributed by atoms with Crippen LogP contribution in [0, 0.1) is 0 Å². The first-order valence-electron chi connectivity index (χ1n) is 1.29. The van der Waals surface area contributed by atoms with Crippen molar-refractivity contribution in [2.24, 2.45) is 0 Å². The Morgan fingerprint density at radius 2 is 1.38 bits per heavy atom. The molecule has 0 saturated carbocycles. The highest BCUT2D eigenvalue weighted by Crippen LogP contribution is 2.14. The molecule has 0 aliphatic heterocycles. The molecule has 0 rings (SSSR count). The van der Waals surface area contributed by atoms with Gasteiger partial charge in [0.05, 0.1) is 0 Å². The van der Waals surface area contributed by atoms with Gasteiger partial charge < -0.3 is 0 Å². The molecule has 0 atom stereocenters. The Morgan fingerprint density at radius 1 is 1.25 bits per heavy atom. The SMILES string of the molecule is O=S(=O)(O)[Si](F)(F)F. The molecule has 0 aromatic heterocycles. The van der Waals surface area contributed by atoms with Gasteiger partial charge in [-0.25, -0.2) is 12.3 Å². The zero-order chi connectivity index (χ0) is 7.00. The lowest BCUT2D eigenvalue weighted by Crippen LogP contribution is -2.28. The normalized spacial score (nSPS) is 14.0. The fourth-order valence-corrected chi connectivity index (χ4v) is 0. The van der Waals surface area contributed by atoms with Crippen LogP contribution < -0.4 is 0 Å². The third-order valence-electron chi connectivity index (χ3n) is 0.292. The van der Waals surface area contributed by atoms with E-state index in [2.05, 4.69) is 0 Å². The molecule has 0 saturated heterocycles. The second-order valence-electron chi connectivity index (χ2n) is 0.921. The first-order valence-corrected chi connectivity index (χ1v) is 5.09. The van der Waals surface area contributed by atoms with Crippen LogP contribution in [0.25, 0.3) is 0 Å². The number of rotatable bonds is 1. The summed E-state index contributed by atoms with van der Waals surface area (Å²) in [5.74, 6) is 0. The fourth-order valence-electron chi connectivity index (χ4n) is 0. The van der Waals surface area contributed by atoms with Gasteiger partial charge in [-0.1, -0.05) is 0 Å². The maximum atomic E-state index is 10.9. The van der Waals surface area contributed by atoms with Gasteiger partial charge in [-0.3, -0.25) is 4.55 Å². The maximum absolute atomic E-state index is 10.9. The summed E-state index contributed by atoms with van der Waals surface area (Å²) >= 11 is 0. The second-order valence-corrected chi connectivity index (χ2v) is 5.70. The average molecular weight is 166 g/mol. The Hall–Kier alpha value is -0.0831. The third kappa shape index (κ3) is 1.80. The molecule has 0 aromatic rings. The third-order valence-corrected chi connectivity index (χ3v) is 2.63. The van der Waals surface area contributed by atoms with E-state index < -0.39 is 17.8 Å². The number of halogens is 3. The van der Waals surface area contributed by atoms with Crippen molar-refractivity contribution in [1.29, 1.82) is 0 Å². The van der Waals surface area contributed by atoms with Gasteiger partial charge in [0.2, 0.25) is 0 Å². The van der Waals surface area contributed by atoms with Crippen LogP contribution in [-0.2, 0) is 9.57 Å². The predicted octanol–water partition coefficient (Wildman–Crippen LogP) is 0.218. The van der Waals surface area contributed by atoms with E-state index in [1.165, 1.54) is 0 Å². The molecule has 0 radical (unpaired) electrons. The molecule has 8 heteroatoms. The lowest BCUT2D eigenvalue weighted by molar-refractivity contribution is 0.445. The summed E-state index contributed by atoms with van der Waals surface area (Å²) < 4.78 is 58.1. The zero-order valence-corrected chi connectivity index (χ0v) is 5.12. The van der Waals surface area contributed by atoms with Crippen LogP contribution >= 0.6 is 0 Å². The number of hydrogen-bond donors (Lipinski definition) is 1. The van der Waals surface area contributed by atoms with Crippen LogP contribution in [-0.4, -0.2) is 21.2 Å². The van der Waals surface area contributed by atoms with Gasteiger partial charge in [-0.15, -0.1) is 0 Å². The second kappa shape index (κ2) is 1.71. The molecule has 1 N–H and O–H groups in total. The molecule has 0 aliphatic rings. The van der Waals surface area contributed by atoms with Gasteiger partial charge in [0.25, 0.3) is 0 Å². The van der Waals surface area contributed by atoms with Crippen LogP contribution in [0.3, 0.4) is 0 Å². The standard InChI is InChI=1S/F3HO3SSi/c1-8(2,3)7(4,5)6/h(H,4,5,6). The summed E-state index contributed by atoms with van der Waals surface area (Å²) in [4.78, 5) is 0. The highest BCUT2D eigenvalue weighted by molar-refractivity contribution is 8.15. The van der Waals surface area contributed by atoms with Gasteiger partial charge in [0.1, 0.15) is 0 Å². The van der Waals surface area contributed by atoms with Crippen molar-refractivity contribution in [3.63, 3.8) is 0 Å². The Kier molecular flexibility index (Phi) is 1.69. The van der Waals surface area contributed by atoms with Crippen LogP contribution in [0.5, 0.6) is 0 Å². The van der Waals surface area contributed by atoms with Crippen molar-refractivity contribution in [2.75, 3.05) is 0 Å². The van der Waals surface area contributed by atoms with Crippen molar-refractivity contribution in [2.45, 2.75) is 0 Å². The Bertz CT molecular complexity index is 163. The Balaban J connectivity index is 4.53. The molecule has 0 unspecified atom stereocenters. The average Bonchev–Trinajstić information content (AvgIpc) is 1.25. The van der Waals surface area contributed by atoms with Crippen LogP contribution in [0.2, 0.25) is 0 Å². The highest BCUT2D eigenvalue weighted by atomic mass is 32.4. The Morgan fingerprint density at radius 3 is 1.38 bits per heavy atom. The molecular formula is HF3O3SSi. The van der Waals surface area contributed by atoms with E-state index in [0.29, 0.717) is 0 Å². The predicted molar refractivity (Wildman–Crippen MR) is 20.6 cm³/mol. The molecule has 0 aromatic carbocycles. The summed E-state index contributed by atoms with van der Waals surface area (Å²) in [7, 11) is -12.5. The van der Waals surface area contributed by atoms with E-state index in [1.807, 2.05) is 0 Å². The maximum Gasteiger partial charge on any atom is 0.781 e. The smallest absolute Gasteiger partial charge is 0.284 e. The molecule has 0 bridgehead atoms. The van der Waals surface area contributed by atoms with E-state index in [-0.39, 0.29) is 0 Å². The summed E-state index contributed by atoms with van der Waals surface area (Å²) in [5.41, 5.74) is 0. The summed E-state index contributed by atoms with van der Waals surface area (Å²) in [6, 6.07) is 0. The van der Waals surface area contributed by atoms with Gasteiger partial charge in [0.15, 0.2) is 0 Å². The Labute approximate surface area is 44.0 Å². The van der Waals surface area contributed by atoms with E-state index in [4.69, 9.17) is 13.0 Å². The monoisotopic (exact) mass is 166 g/mol. The lowest BCUT2D eigenvalue weighted by Gasteiger charge is -1.92. The van der Waals surface area contributed by atoms with Crippen molar-refractivity contribution in [3.05, 3.63) is 0 Å². The van der Waals surface area contributed by atoms with Gasteiger partial charge in [-0.2, -0.15) is 8.42 Å². The van der Waals surface area contributed by atoms with Crippen LogP contribution in [0.15, 0.2) is 0 Å². The van der Waals surface area contributed by atoms with Gasteiger partial charge >= 0.3 is 17.8 Å². The highest BCUT2D eigenvalue weighted by Gasteiger charge is 2.54. The van der Waals surface area contributed by atoms with E-state index >= 15 is 0 Å². The molecule has 8 heavy (non-hydrogen) atoms. The van der Waals surface area contributed by atoms with E-state index in [0.717, 1.165) is 0 Å². The molecular weight excluding hydrogens is 165 g/mol. The van der Waals surface area contributed by atoms with E-state index in [9.17, 15) is 12.3 Å². The first-order chi connectivity index (χ1) is 3.25. The molecule has 0 fully saturated rings. The van der Waals surface area contributed by atoms with Crippen molar-refractivity contribution >= 4 is 17.8 Å². The molecule has 0 spiro atoms. The van der Waals surface area contributed by atoms with E-state index in [1.54, 1.807) is 0 Å². The van der Waals surface area contributed by atoms with Gasteiger partial charge in [0, 0.05) is 0 Å². The zero-order valence-electron chi connectivity index (χ0n) is 3.31. The topological polar surface area (TPSA) is 54.4 Å². The largest absolute Gasteiger partial charge is 0.781 e. The minimum Gasteiger partial charge on any atom is -0.284 e. The minimum absolute atomic E-state index is 5.70. The summed E-state index contributed by atoms with van der Waals surface area (Å²) in [6.45, 7) is 0. The lowest BCUT2D eigenvalue weighted by atomic mass is 15.9. The van der Waals surface area contributed by atoms with Crippen molar-refractivity contribution < 1.29 is 25.3 Å². The van der Waals surface area contributed by atoms with Crippen molar-refractivity contribution in [3.8, 4) is 0 Å². The van der Waals surface area contributed by atoms with Gasteiger partial charge in [-0.05, 0) is 0 Å². The minimum atomic E-state index is -6.83. The quantitative estimate of drug-likeness (QED) is 0.344. The molecule has 50 valence electrons.